The minimum atomic E-state index is -4.62. The van der Waals surface area contributed by atoms with E-state index in [1.165, 1.54) is 35.0 Å². The molecule has 150 valence electrons. The van der Waals surface area contributed by atoms with Gasteiger partial charge in [0.1, 0.15) is 0 Å². The van der Waals surface area contributed by atoms with E-state index in [9.17, 15) is 21.6 Å². The molecule has 9 heteroatoms. The van der Waals surface area contributed by atoms with Crippen LogP contribution in [-0.4, -0.2) is 30.7 Å². The number of nitrogens with zero attached hydrogens (tertiary/aromatic N) is 2. The molecule has 4 rings (SSSR count). The molecule has 0 atom stereocenters. The predicted molar refractivity (Wildman–Crippen MR) is 108 cm³/mol. The number of benzene rings is 3. The van der Waals surface area contributed by atoms with Gasteiger partial charge in [0, 0.05) is 21.9 Å². The third-order valence-corrected chi connectivity index (χ3v) is 6.50. The monoisotopic (exact) mass is 436 g/mol. The molecule has 0 saturated heterocycles. The fourth-order valence-corrected chi connectivity index (χ4v) is 4.35. The summed E-state index contributed by atoms with van der Waals surface area (Å²) in [4.78, 5) is 1.08. The summed E-state index contributed by atoms with van der Waals surface area (Å²) < 4.78 is 65.5. The van der Waals surface area contributed by atoms with Crippen molar-refractivity contribution in [3.8, 4) is 5.69 Å². The predicted octanol–water partition coefficient (Wildman–Crippen LogP) is 5.32. The molecule has 0 spiro atoms. The second-order valence-corrected chi connectivity index (χ2v) is 9.47. The van der Waals surface area contributed by atoms with Gasteiger partial charge in [-0.05, 0) is 54.1 Å². The van der Waals surface area contributed by atoms with E-state index in [0.29, 0.717) is 16.6 Å². The molecule has 0 unspecified atom stereocenters. The lowest BCUT2D eigenvalue weighted by atomic mass is 10.1. The Balaban J connectivity index is 2.05. The number of sulfone groups is 1. The van der Waals surface area contributed by atoms with Crippen LogP contribution in [0.4, 0.5) is 13.2 Å². The van der Waals surface area contributed by atoms with Crippen LogP contribution in [0.25, 0.3) is 27.4 Å². The van der Waals surface area contributed by atoms with Crippen LogP contribution in [0.5, 0.6) is 0 Å². The molecular weight excluding hydrogens is 421 g/mol. The Bertz CT molecular complexity index is 1340. The van der Waals surface area contributed by atoms with E-state index in [1.54, 1.807) is 23.9 Å². The van der Waals surface area contributed by atoms with Crippen molar-refractivity contribution >= 4 is 43.3 Å². The molecule has 1 aromatic heterocycles. The zero-order valence-corrected chi connectivity index (χ0v) is 17.0. The van der Waals surface area contributed by atoms with Gasteiger partial charge in [0.05, 0.1) is 16.1 Å². The summed E-state index contributed by atoms with van der Waals surface area (Å²) >= 11 is 1.54. The summed E-state index contributed by atoms with van der Waals surface area (Å²) in [6.07, 6.45) is -1.62. The summed E-state index contributed by atoms with van der Waals surface area (Å²) in [6.45, 7) is 0. The van der Waals surface area contributed by atoms with Crippen LogP contribution in [0.1, 0.15) is 5.69 Å². The van der Waals surface area contributed by atoms with Gasteiger partial charge in [-0.1, -0.05) is 12.1 Å². The van der Waals surface area contributed by atoms with E-state index in [0.717, 1.165) is 16.5 Å². The first-order valence-electron chi connectivity index (χ1n) is 8.47. The van der Waals surface area contributed by atoms with Gasteiger partial charge in [0.25, 0.3) is 0 Å². The fourth-order valence-electron chi connectivity index (χ4n) is 3.27. The third kappa shape index (κ3) is 3.49. The summed E-state index contributed by atoms with van der Waals surface area (Å²) in [5.41, 5.74) is -0.301. The molecule has 0 amide bonds. The highest BCUT2D eigenvalue weighted by Crippen LogP contribution is 2.38. The van der Waals surface area contributed by atoms with Gasteiger partial charge in [0.2, 0.25) is 0 Å². The Labute approximate surface area is 169 Å². The van der Waals surface area contributed by atoms with Gasteiger partial charge >= 0.3 is 6.18 Å². The molecule has 0 aliphatic carbocycles. The molecule has 0 radical (unpaired) electrons. The summed E-state index contributed by atoms with van der Waals surface area (Å²) in [5.74, 6) is 0. The Kier molecular flexibility index (Phi) is 4.62. The Morgan fingerprint density at radius 1 is 0.966 bits per heavy atom. The number of halogens is 3. The van der Waals surface area contributed by atoms with Gasteiger partial charge in [-0.25, -0.2) is 13.1 Å². The standard InChI is InChI=1S/C20H15F3N2O2S2/c1-28-14-6-10-16-12(11-14)3-9-17-18(16)25(24-19(17)20(21,22)23)13-4-7-15(8-5-13)29(2,26)27/h3-11H,1-2H3. The maximum absolute atomic E-state index is 13.6. The van der Waals surface area contributed by atoms with E-state index in [-0.39, 0.29) is 10.3 Å². The number of hydrogen-bond acceptors (Lipinski definition) is 4. The second-order valence-electron chi connectivity index (χ2n) is 6.57. The van der Waals surface area contributed by atoms with Crippen molar-refractivity contribution in [2.75, 3.05) is 12.5 Å². The maximum atomic E-state index is 13.6. The van der Waals surface area contributed by atoms with Crippen molar-refractivity contribution in [3.05, 3.63) is 60.3 Å². The Morgan fingerprint density at radius 2 is 1.62 bits per heavy atom. The molecule has 29 heavy (non-hydrogen) atoms. The summed E-state index contributed by atoms with van der Waals surface area (Å²) in [7, 11) is -3.42. The number of aromatic nitrogens is 2. The van der Waals surface area contributed by atoms with Crippen molar-refractivity contribution in [1.29, 1.82) is 0 Å². The zero-order chi connectivity index (χ0) is 21.0. The molecular formula is C20H15F3N2O2S2. The highest BCUT2D eigenvalue weighted by atomic mass is 32.2. The van der Waals surface area contributed by atoms with Crippen LogP contribution < -0.4 is 0 Å². The van der Waals surface area contributed by atoms with Crippen LogP contribution in [0, 0.1) is 0 Å². The fraction of sp³-hybridized carbons (Fsp3) is 0.150. The van der Waals surface area contributed by atoms with Gasteiger partial charge < -0.3 is 0 Å². The largest absolute Gasteiger partial charge is 0.435 e. The SMILES string of the molecule is CSc1ccc2c(ccc3c(C(F)(F)F)nn(-c4ccc(S(C)(=O)=O)cc4)c32)c1. The van der Waals surface area contributed by atoms with E-state index < -0.39 is 21.7 Å². The lowest BCUT2D eigenvalue weighted by molar-refractivity contribution is -0.140. The van der Waals surface area contributed by atoms with Crippen LogP contribution in [0.15, 0.2) is 64.4 Å². The van der Waals surface area contributed by atoms with E-state index >= 15 is 0 Å². The molecule has 0 saturated carbocycles. The molecule has 0 aliphatic rings. The maximum Gasteiger partial charge on any atom is 0.435 e. The lowest BCUT2D eigenvalue weighted by Crippen LogP contribution is -2.07. The van der Waals surface area contributed by atoms with Crippen LogP contribution in [0.2, 0.25) is 0 Å². The van der Waals surface area contributed by atoms with Crippen molar-refractivity contribution in [3.63, 3.8) is 0 Å². The van der Waals surface area contributed by atoms with Crippen molar-refractivity contribution in [2.24, 2.45) is 0 Å². The molecule has 4 nitrogen and oxygen atoms in total. The highest BCUT2D eigenvalue weighted by molar-refractivity contribution is 7.98. The van der Waals surface area contributed by atoms with Crippen molar-refractivity contribution in [1.82, 2.24) is 9.78 Å². The first kappa shape index (κ1) is 19.8. The van der Waals surface area contributed by atoms with Gasteiger partial charge in [-0.2, -0.15) is 18.3 Å². The molecule has 0 N–H and O–H groups in total. The average molecular weight is 436 g/mol. The third-order valence-electron chi connectivity index (χ3n) is 4.64. The number of fused-ring (bicyclic) bond motifs is 3. The van der Waals surface area contributed by atoms with Gasteiger partial charge in [0.15, 0.2) is 15.5 Å². The first-order chi connectivity index (χ1) is 13.6. The van der Waals surface area contributed by atoms with E-state index in [1.807, 2.05) is 18.4 Å². The average Bonchev–Trinajstić information content (AvgIpc) is 3.07. The van der Waals surface area contributed by atoms with Crippen molar-refractivity contribution < 1.29 is 21.6 Å². The second kappa shape index (κ2) is 6.77. The van der Waals surface area contributed by atoms with Crippen LogP contribution in [0.3, 0.4) is 0 Å². The van der Waals surface area contributed by atoms with Crippen LogP contribution in [-0.2, 0) is 16.0 Å². The highest BCUT2D eigenvalue weighted by Gasteiger charge is 2.37. The summed E-state index contributed by atoms with van der Waals surface area (Å²) in [6, 6.07) is 14.3. The first-order valence-corrected chi connectivity index (χ1v) is 11.6. The normalized spacial score (nSPS) is 12.7. The lowest BCUT2D eigenvalue weighted by Gasteiger charge is -2.08. The Morgan fingerprint density at radius 3 is 2.21 bits per heavy atom. The Hall–Kier alpha value is -2.52. The zero-order valence-electron chi connectivity index (χ0n) is 15.4. The molecule has 3 aromatic carbocycles. The number of hydrogen-bond donors (Lipinski definition) is 0. The molecule has 0 fully saturated rings. The molecule has 0 aliphatic heterocycles. The molecule has 4 aromatic rings. The smallest absolute Gasteiger partial charge is 0.232 e. The molecule has 1 heterocycles. The van der Waals surface area contributed by atoms with E-state index in [4.69, 9.17) is 0 Å². The minimum Gasteiger partial charge on any atom is -0.232 e. The molecule has 0 bridgehead atoms. The number of thioether (sulfide) groups is 1. The topological polar surface area (TPSA) is 52.0 Å². The minimum absolute atomic E-state index is 0.00547. The summed E-state index contributed by atoms with van der Waals surface area (Å²) in [5, 5.41) is 5.28. The van der Waals surface area contributed by atoms with Crippen LogP contribution >= 0.6 is 11.8 Å². The van der Waals surface area contributed by atoms with E-state index in [2.05, 4.69) is 5.10 Å². The quantitative estimate of drug-likeness (QED) is 0.408. The van der Waals surface area contributed by atoms with Crippen molar-refractivity contribution in [2.45, 2.75) is 16.0 Å². The van der Waals surface area contributed by atoms with Gasteiger partial charge in [-0.3, -0.25) is 0 Å². The number of alkyl halides is 3. The van der Waals surface area contributed by atoms with Gasteiger partial charge in [-0.15, -0.1) is 11.8 Å². The number of rotatable bonds is 3.